The third kappa shape index (κ3) is 7.32. The average molecular weight is 182 g/mol. The molecule has 0 aromatic rings. The molecule has 0 spiro atoms. The lowest BCUT2D eigenvalue weighted by molar-refractivity contribution is 0.822. The van der Waals surface area contributed by atoms with Crippen LogP contribution in [-0.2, 0) is 0 Å². The molecule has 0 unspecified atom stereocenters. The van der Waals surface area contributed by atoms with Crippen molar-refractivity contribution in [3.63, 3.8) is 0 Å². The lowest BCUT2D eigenvalue weighted by Gasteiger charge is -2.02. The summed E-state index contributed by atoms with van der Waals surface area (Å²) in [5.74, 6) is 0.435. The number of allylic oxidation sites excluding steroid dienone is 3. The van der Waals surface area contributed by atoms with Crippen molar-refractivity contribution in [1.29, 1.82) is 5.41 Å². The molecule has 0 aliphatic carbocycles. The van der Waals surface area contributed by atoms with Crippen LogP contribution in [0, 0.1) is 11.3 Å². The van der Waals surface area contributed by atoms with E-state index in [1.54, 1.807) is 0 Å². The van der Waals surface area contributed by atoms with Gasteiger partial charge in [-0.25, -0.2) is 0 Å². The van der Waals surface area contributed by atoms with Crippen molar-refractivity contribution in [3.05, 3.63) is 23.4 Å². The van der Waals surface area contributed by atoms with Crippen LogP contribution in [0.4, 0.5) is 0 Å². The summed E-state index contributed by atoms with van der Waals surface area (Å²) < 4.78 is 0. The van der Waals surface area contributed by atoms with E-state index in [1.165, 1.54) is 6.21 Å². The predicted molar refractivity (Wildman–Crippen MR) is 61.0 cm³/mol. The Balaban J connectivity index is 0. The van der Waals surface area contributed by atoms with E-state index in [-0.39, 0.29) is 0 Å². The monoisotopic (exact) mass is 182 g/mol. The van der Waals surface area contributed by atoms with Gasteiger partial charge in [0.25, 0.3) is 0 Å². The van der Waals surface area contributed by atoms with E-state index in [0.717, 1.165) is 5.57 Å². The maximum absolute atomic E-state index is 7.02. The molecule has 0 saturated carbocycles. The number of hydrogen-bond acceptors (Lipinski definition) is 2. The Morgan fingerprint density at radius 2 is 1.77 bits per heavy atom. The van der Waals surface area contributed by atoms with Crippen LogP contribution in [0.3, 0.4) is 0 Å². The smallest absolute Gasteiger partial charge is 0.0361 e. The van der Waals surface area contributed by atoms with Crippen LogP contribution in [-0.4, -0.2) is 6.21 Å². The highest BCUT2D eigenvalue weighted by molar-refractivity contribution is 5.81. The quantitative estimate of drug-likeness (QED) is 0.511. The fourth-order valence-corrected chi connectivity index (χ4v) is 0.789. The van der Waals surface area contributed by atoms with Gasteiger partial charge in [-0.1, -0.05) is 39.8 Å². The second-order valence-electron chi connectivity index (χ2n) is 2.75. The Kier molecular flexibility index (Phi) is 10.1. The van der Waals surface area contributed by atoms with Crippen LogP contribution in [0.1, 0.15) is 34.6 Å². The first-order valence-corrected chi connectivity index (χ1v) is 4.76. The van der Waals surface area contributed by atoms with Crippen molar-refractivity contribution in [2.75, 3.05) is 0 Å². The molecule has 0 aliphatic rings. The van der Waals surface area contributed by atoms with Gasteiger partial charge in [0.15, 0.2) is 0 Å². The fraction of sp³-hybridized carbons (Fsp3) is 0.545. The highest BCUT2D eigenvalue weighted by Crippen LogP contribution is 2.04. The predicted octanol–water partition coefficient (Wildman–Crippen LogP) is 3.11. The molecule has 0 atom stereocenters. The first-order chi connectivity index (χ1) is 6.11. The summed E-state index contributed by atoms with van der Waals surface area (Å²) in [4.78, 5) is 0. The average Bonchev–Trinajstić information content (AvgIpc) is 2.08. The van der Waals surface area contributed by atoms with Crippen molar-refractivity contribution < 1.29 is 0 Å². The summed E-state index contributed by atoms with van der Waals surface area (Å²) >= 11 is 0. The Morgan fingerprint density at radius 3 is 2.00 bits per heavy atom. The topological polar surface area (TPSA) is 49.9 Å². The van der Waals surface area contributed by atoms with Crippen molar-refractivity contribution >= 4 is 6.21 Å². The maximum atomic E-state index is 7.02. The van der Waals surface area contributed by atoms with E-state index in [1.807, 2.05) is 32.9 Å². The SMILES string of the molecule is C/C=C(C=N)\C(N)=C/C(C)C.CC. The minimum atomic E-state index is 0.435. The molecule has 0 aromatic heterocycles. The lowest BCUT2D eigenvalue weighted by atomic mass is 10.1. The van der Waals surface area contributed by atoms with E-state index in [9.17, 15) is 0 Å². The van der Waals surface area contributed by atoms with Crippen LogP contribution >= 0.6 is 0 Å². The molecule has 0 bridgehead atoms. The van der Waals surface area contributed by atoms with E-state index in [2.05, 4.69) is 13.8 Å². The van der Waals surface area contributed by atoms with Crippen LogP contribution in [0.25, 0.3) is 0 Å². The van der Waals surface area contributed by atoms with Crippen molar-refractivity contribution in [1.82, 2.24) is 0 Å². The van der Waals surface area contributed by atoms with Gasteiger partial charge in [-0.2, -0.15) is 0 Å². The zero-order valence-corrected chi connectivity index (χ0v) is 9.39. The zero-order valence-electron chi connectivity index (χ0n) is 9.39. The molecule has 76 valence electrons. The van der Waals surface area contributed by atoms with Crippen LogP contribution in [0.2, 0.25) is 0 Å². The van der Waals surface area contributed by atoms with Gasteiger partial charge in [0.05, 0.1) is 0 Å². The van der Waals surface area contributed by atoms with E-state index >= 15 is 0 Å². The first kappa shape index (κ1) is 14.5. The second kappa shape index (κ2) is 9.04. The number of nitrogens with one attached hydrogen (secondary N) is 1. The molecule has 0 aromatic carbocycles. The van der Waals surface area contributed by atoms with Crippen LogP contribution in [0.15, 0.2) is 23.4 Å². The molecule has 13 heavy (non-hydrogen) atoms. The molecular formula is C11H22N2. The molecule has 0 aliphatic heterocycles. The van der Waals surface area contributed by atoms with Gasteiger partial charge in [0.1, 0.15) is 0 Å². The Hall–Kier alpha value is -1.05. The highest BCUT2D eigenvalue weighted by atomic mass is 14.6. The summed E-state index contributed by atoms with van der Waals surface area (Å²) in [6.07, 6.45) is 5.05. The summed E-state index contributed by atoms with van der Waals surface area (Å²) in [5, 5.41) is 7.02. The first-order valence-electron chi connectivity index (χ1n) is 4.76. The third-order valence-electron chi connectivity index (χ3n) is 1.31. The molecule has 2 heteroatoms. The maximum Gasteiger partial charge on any atom is 0.0361 e. The van der Waals surface area contributed by atoms with Crippen molar-refractivity contribution in [2.45, 2.75) is 34.6 Å². The van der Waals surface area contributed by atoms with Gasteiger partial charge < -0.3 is 11.1 Å². The van der Waals surface area contributed by atoms with Gasteiger partial charge in [-0.05, 0) is 12.8 Å². The fourth-order valence-electron chi connectivity index (χ4n) is 0.789. The van der Waals surface area contributed by atoms with Crippen molar-refractivity contribution in [3.8, 4) is 0 Å². The number of rotatable bonds is 3. The summed E-state index contributed by atoms with van der Waals surface area (Å²) in [7, 11) is 0. The molecule has 0 amide bonds. The van der Waals surface area contributed by atoms with Gasteiger partial charge in [-0.15, -0.1) is 0 Å². The molecule has 3 N–H and O–H groups in total. The minimum Gasteiger partial charge on any atom is -0.398 e. The van der Waals surface area contributed by atoms with Gasteiger partial charge >= 0.3 is 0 Å². The van der Waals surface area contributed by atoms with Gasteiger partial charge in [0.2, 0.25) is 0 Å². The molecular weight excluding hydrogens is 160 g/mol. The van der Waals surface area contributed by atoms with E-state index in [0.29, 0.717) is 11.6 Å². The molecule has 0 rings (SSSR count). The number of hydrogen-bond donors (Lipinski definition) is 2. The third-order valence-corrected chi connectivity index (χ3v) is 1.31. The van der Waals surface area contributed by atoms with Gasteiger partial charge in [0, 0.05) is 17.5 Å². The Labute approximate surface area is 82.0 Å². The molecule has 0 saturated heterocycles. The largest absolute Gasteiger partial charge is 0.398 e. The number of nitrogens with two attached hydrogens (primary N) is 1. The van der Waals surface area contributed by atoms with E-state index < -0.39 is 0 Å². The second-order valence-corrected chi connectivity index (χ2v) is 2.75. The Bertz CT molecular complexity index is 188. The molecule has 2 nitrogen and oxygen atoms in total. The normalized spacial score (nSPS) is 12.2. The zero-order chi connectivity index (χ0) is 10.9. The summed E-state index contributed by atoms with van der Waals surface area (Å²) in [6, 6.07) is 0. The van der Waals surface area contributed by atoms with Gasteiger partial charge in [-0.3, -0.25) is 0 Å². The summed E-state index contributed by atoms with van der Waals surface area (Å²) in [5.41, 5.74) is 7.16. The van der Waals surface area contributed by atoms with Crippen LogP contribution < -0.4 is 5.73 Å². The standard InChI is InChI=1S/C9H16N2.C2H6/c1-4-8(6-10)9(11)5-7(2)3;1-2/h4-7,10H,11H2,1-3H3;1-2H3/b8-4-,9-5+,10-6?;. The molecule has 0 radical (unpaired) electrons. The van der Waals surface area contributed by atoms with E-state index in [4.69, 9.17) is 11.1 Å². The Morgan fingerprint density at radius 1 is 1.31 bits per heavy atom. The molecule has 0 fully saturated rings. The van der Waals surface area contributed by atoms with Crippen molar-refractivity contribution in [2.24, 2.45) is 11.7 Å². The molecule has 0 heterocycles. The highest BCUT2D eigenvalue weighted by Gasteiger charge is 1.95. The summed E-state index contributed by atoms with van der Waals surface area (Å²) in [6.45, 7) is 10.00. The minimum absolute atomic E-state index is 0.435. The lowest BCUT2D eigenvalue weighted by Crippen LogP contribution is -2.03. The van der Waals surface area contributed by atoms with Crippen LogP contribution in [0.5, 0.6) is 0 Å².